The van der Waals surface area contributed by atoms with Gasteiger partial charge < -0.3 is 5.73 Å². The number of nitrogens with two attached hydrogens (primary N) is 1. The van der Waals surface area contributed by atoms with Gasteiger partial charge in [-0.3, -0.25) is 0 Å². The normalized spacial score (nSPS) is 12.0. The Morgan fingerprint density at radius 3 is 2.40 bits per heavy atom. The summed E-state index contributed by atoms with van der Waals surface area (Å²) in [6, 6.07) is 1.87. The van der Waals surface area contributed by atoms with Gasteiger partial charge in [0.25, 0.3) is 0 Å². The SMILES string of the molecule is CC(C)(N)c1sccc1Cl. The zero-order chi connectivity index (χ0) is 7.78. The second-order valence-electron chi connectivity index (χ2n) is 2.82. The van der Waals surface area contributed by atoms with Crippen LogP contribution in [0.3, 0.4) is 0 Å². The summed E-state index contributed by atoms with van der Waals surface area (Å²) in [5, 5.41) is 2.73. The molecule has 10 heavy (non-hydrogen) atoms. The highest BCUT2D eigenvalue weighted by atomic mass is 35.5. The molecule has 56 valence electrons. The van der Waals surface area contributed by atoms with Crippen LogP contribution in [0.5, 0.6) is 0 Å². The molecule has 1 nitrogen and oxygen atoms in total. The highest BCUT2D eigenvalue weighted by molar-refractivity contribution is 7.10. The maximum absolute atomic E-state index is 5.85. The fraction of sp³-hybridized carbons (Fsp3) is 0.429. The average molecular weight is 176 g/mol. The summed E-state index contributed by atoms with van der Waals surface area (Å²) in [6.45, 7) is 3.90. The van der Waals surface area contributed by atoms with E-state index in [1.54, 1.807) is 11.3 Å². The Morgan fingerprint density at radius 1 is 1.60 bits per heavy atom. The van der Waals surface area contributed by atoms with Crippen molar-refractivity contribution < 1.29 is 0 Å². The molecule has 2 N–H and O–H groups in total. The van der Waals surface area contributed by atoms with E-state index in [0.717, 1.165) is 9.90 Å². The van der Waals surface area contributed by atoms with E-state index in [9.17, 15) is 0 Å². The first-order chi connectivity index (χ1) is 4.52. The lowest BCUT2D eigenvalue weighted by Crippen LogP contribution is -2.27. The molecule has 0 saturated heterocycles. The molecular formula is C7H10ClNS. The largest absolute Gasteiger partial charge is 0.321 e. The summed E-state index contributed by atoms with van der Waals surface area (Å²) in [6.07, 6.45) is 0. The molecule has 0 unspecified atom stereocenters. The molecular weight excluding hydrogens is 166 g/mol. The molecule has 0 fully saturated rings. The van der Waals surface area contributed by atoms with Gasteiger partial charge in [0.15, 0.2) is 0 Å². The number of halogens is 1. The number of hydrogen-bond donors (Lipinski definition) is 1. The Morgan fingerprint density at radius 2 is 2.20 bits per heavy atom. The smallest absolute Gasteiger partial charge is 0.0563 e. The summed E-state index contributed by atoms with van der Waals surface area (Å²) in [4.78, 5) is 1.05. The lowest BCUT2D eigenvalue weighted by molar-refractivity contribution is 0.567. The summed E-state index contributed by atoms with van der Waals surface area (Å²) in [5.41, 5.74) is 5.53. The molecule has 0 saturated carbocycles. The molecule has 1 heterocycles. The Hall–Kier alpha value is -0.0500. The molecule has 0 amide bonds. The maximum Gasteiger partial charge on any atom is 0.0563 e. The number of thiophene rings is 1. The molecule has 1 rings (SSSR count). The lowest BCUT2D eigenvalue weighted by Gasteiger charge is -2.16. The van der Waals surface area contributed by atoms with Gasteiger partial charge in [-0.2, -0.15) is 0 Å². The highest BCUT2D eigenvalue weighted by Crippen LogP contribution is 2.30. The number of rotatable bonds is 1. The Labute approximate surface area is 69.8 Å². The minimum atomic E-state index is -0.300. The van der Waals surface area contributed by atoms with E-state index in [4.69, 9.17) is 17.3 Å². The van der Waals surface area contributed by atoms with Gasteiger partial charge >= 0.3 is 0 Å². The van der Waals surface area contributed by atoms with Crippen molar-refractivity contribution >= 4 is 22.9 Å². The van der Waals surface area contributed by atoms with Crippen molar-refractivity contribution in [3.63, 3.8) is 0 Å². The van der Waals surface area contributed by atoms with E-state index >= 15 is 0 Å². The lowest BCUT2D eigenvalue weighted by atomic mass is 10.1. The fourth-order valence-electron chi connectivity index (χ4n) is 0.753. The zero-order valence-electron chi connectivity index (χ0n) is 6.02. The quantitative estimate of drug-likeness (QED) is 0.698. The van der Waals surface area contributed by atoms with Gasteiger partial charge in [-0.05, 0) is 25.3 Å². The van der Waals surface area contributed by atoms with Crippen molar-refractivity contribution in [2.24, 2.45) is 5.73 Å². The summed E-state index contributed by atoms with van der Waals surface area (Å²) >= 11 is 7.45. The molecule has 3 heteroatoms. The van der Waals surface area contributed by atoms with E-state index in [1.165, 1.54) is 0 Å². The Bertz CT molecular complexity index is 224. The van der Waals surface area contributed by atoms with Gasteiger partial charge in [0.05, 0.1) is 5.02 Å². The predicted molar refractivity (Wildman–Crippen MR) is 46.5 cm³/mol. The van der Waals surface area contributed by atoms with Gasteiger partial charge in [-0.15, -0.1) is 11.3 Å². The third-order valence-electron chi connectivity index (χ3n) is 1.20. The minimum Gasteiger partial charge on any atom is -0.321 e. The van der Waals surface area contributed by atoms with Gasteiger partial charge in [0.1, 0.15) is 0 Å². The van der Waals surface area contributed by atoms with Crippen molar-refractivity contribution in [3.8, 4) is 0 Å². The minimum absolute atomic E-state index is 0.300. The van der Waals surface area contributed by atoms with Crippen LogP contribution in [0.15, 0.2) is 11.4 Å². The van der Waals surface area contributed by atoms with Gasteiger partial charge in [-0.25, -0.2) is 0 Å². The van der Waals surface area contributed by atoms with Crippen molar-refractivity contribution in [2.45, 2.75) is 19.4 Å². The third-order valence-corrected chi connectivity index (χ3v) is 2.88. The summed E-state index contributed by atoms with van der Waals surface area (Å²) < 4.78 is 0. The van der Waals surface area contributed by atoms with E-state index in [-0.39, 0.29) is 5.54 Å². The van der Waals surface area contributed by atoms with Crippen molar-refractivity contribution in [3.05, 3.63) is 21.3 Å². The molecule has 0 aromatic carbocycles. The molecule has 0 aliphatic heterocycles. The standard InChI is InChI=1S/C7H10ClNS/c1-7(2,9)6-5(8)3-4-10-6/h3-4H,9H2,1-2H3. The highest BCUT2D eigenvalue weighted by Gasteiger charge is 2.18. The summed E-state index contributed by atoms with van der Waals surface area (Å²) in [7, 11) is 0. The second kappa shape index (κ2) is 2.53. The zero-order valence-corrected chi connectivity index (χ0v) is 7.59. The van der Waals surface area contributed by atoms with Crippen molar-refractivity contribution in [1.82, 2.24) is 0 Å². The average Bonchev–Trinajstić information content (AvgIpc) is 2.11. The maximum atomic E-state index is 5.85. The second-order valence-corrected chi connectivity index (χ2v) is 4.14. The Balaban J connectivity index is 3.05. The van der Waals surface area contributed by atoms with Crippen LogP contribution in [-0.4, -0.2) is 0 Å². The van der Waals surface area contributed by atoms with Crippen LogP contribution in [0, 0.1) is 0 Å². The van der Waals surface area contributed by atoms with E-state index in [0.29, 0.717) is 0 Å². The first-order valence-electron chi connectivity index (χ1n) is 3.04. The summed E-state index contributed by atoms with van der Waals surface area (Å²) in [5.74, 6) is 0. The van der Waals surface area contributed by atoms with Crippen LogP contribution in [-0.2, 0) is 5.54 Å². The first kappa shape index (κ1) is 8.05. The van der Waals surface area contributed by atoms with E-state index in [2.05, 4.69) is 0 Å². The van der Waals surface area contributed by atoms with Crippen LogP contribution in [0.25, 0.3) is 0 Å². The molecule has 1 aromatic rings. The van der Waals surface area contributed by atoms with Crippen LogP contribution in [0.1, 0.15) is 18.7 Å². The molecule has 0 aliphatic carbocycles. The molecule has 0 aliphatic rings. The van der Waals surface area contributed by atoms with Crippen LogP contribution in [0.4, 0.5) is 0 Å². The monoisotopic (exact) mass is 175 g/mol. The van der Waals surface area contributed by atoms with Crippen LogP contribution in [0.2, 0.25) is 5.02 Å². The first-order valence-corrected chi connectivity index (χ1v) is 4.30. The number of hydrogen-bond acceptors (Lipinski definition) is 2. The molecule has 0 bridgehead atoms. The van der Waals surface area contributed by atoms with Gasteiger partial charge in [0, 0.05) is 10.4 Å². The fourth-order valence-corrected chi connectivity index (χ4v) is 2.09. The van der Waals surface area contributed by atoms with E-state index < -0.39 is 0 Å². The third kappa shape index (κ3) is 1.51. The molecule has 0 spiro atoms. The van der Waals surface area contributed by atoms with Crippen molar-refractivity contribution in [2.75, 3.05) is 0 Å². The molecule has 1 aromatic heterocycles. The Kier molecular flexibility index (Phi) is 2.04. The van der Waals surface area contributed by atoms with E-state index in [1.807, 2.05) is 25.3 Å². The molecule has 0 atom stereocenters. The van der Waals surface area contributed by atoms with Gasteiger partial charge in [0.2, 0.25) is 0 Å². The van der Waals surface area contributed by atoms with Crippen LogP contribution < -0.4 is 5.73 Å². The molecule has 0 radical (unpaired) electrons. The predicted octanol–water partition coefficient (Wildman–Crippen LogP) is 2.60. The topological polar surface area (TPSA) is 26.0 Å². The van der Waals surface area contributed by atoms with Crippen LogP contribution >= 0.6 is 22.9 Å². The van der Waals surface area contributed by atoms with Gasteiger partial charge in [-0.1, -0.05) is 11.6 Å². The van der Waals surface area contributed by atoms with Crippen molar-refractivity contribution in [1.29, 1.82) is 0 Å².